The molecule has 1 aromatic heterocycles. The zero-order valence-corrected chi connectivity index (χ0v) is 13.9. The molecule has 3 nitrogen and oxygen atoms in total. The first-order valence-corrected chi connectivity index (χ1v) is 8.95. The predicted octanol–water partition coefficient (Wildman–Crippen LogP) is 3.37. The Kier molecular flexibility index (Phi) is 4.65. The van der Waals surface area contributed by atoms with Gasteiger partial charge in [0.05, 0.1) is 12.2 Å². The normalized spacial score (nSPS) is 21.1. The number of hydrogen-bond acceptors (Lipinski definition) is 3. The number of rotatable bonds is 6. The van der Waals surface area contributed by atoms with E-state index in [1.807, 2.05) is 11.9 Å². The molecule has 1 unspecified atom stereocenters. The number of hydrogen-bond donors (Lipinski definition) is 0. The van der Waals surface area contributed by atoms with E-state index < -0.39 is 0 Å². The number of carbonyl (C=O) groups is 1. The minimum atomic E-state index is 0.164. The summed E-state index contributed by atoms with van der Waals surface area (Å²) in [5, 5.41) is 2.06. The summed E-state index contributed by atoms with van der Waals surface area (Å²) in [6.07, 6.45) is 6.04. The van der Waals surface area contributed by atoms with Crippen molar-refractivity contribution in [3.63, 3.8) is 0 Å². The molecule has 0 saturated heterocycles. The van der Waals surface area contributed by atoms with Crippen molar-refractivity contribution >= 4 is 17.2 Å². The lowest BCUT2D eigenvalue weighted by Gasteiger charge is -2.21. The molecule has 3 rings (SSSR count). The van der Waals surface area contributed by atoms with E-state index in [4.69, 9.17) is 4.74 Å². The van der Waals surface area contributed by atoms with Crippen LogP contribution in [0.25, 0.3) is 0 Å². The third-order valence-corrected chi connectivity index (χ3v) is 5.65. The highest BCUT2D eigenvalue weighted by atomic mass is 32.1. The summed E-state index contributed by atoms with van der Waals surface area (Å²) in [5.74, 6) is 1.71. The zero-order valence-electron chi connectivity index (χ0n) is 13.1. The molecule has 0 aliphatic heterocycles. The highest BCUT2D eigenvalue weighted by Gasteiger charge is 2.25. The van der Waals surface area contributed by atoms with Gasteiger partial charge in [-0.3, -0.25) is 4.79 Å². The summed E-state index contributed by atoms with van der Waals surface area (Å²) in [4.78, 5) is 15.8. The lowest BCUT2D eigenvalue weighted by molar-refractivity contribution is 0.0680. The number of nitrogens with zero attached hydrogens (tertiary/aromatic N) is 1. The molecule has 1 amide bonds. The average Bonchev–Trinajstić information content (AvgIpc) is 3.21. The molecule has 1 fully saturated rings. The summed E-state index contributed by atoms with van der Waals surface area (Å²) in [6, 6.07) is 0. The molecule has 4 heteroatoms. The van der Waals surface area contributed by atoms with Crippen LogP contribution >= 0.6 is 11.3 Å². The topological polar surface area (TPSA) is 29.5 Å². The summed E-state index contributed by atoms with van der Waals surface area (Å²) >= 11 is 1.76. The van der Waals surface area contributed by atoms with Crippen LogP contribution in [0.15, 0.2) is 5.38 Å². The average molecular weight is 307 g/mol. The molecule has 1 aromatic rings. The van der Waals surface area contributed by atoms with Gasteiger partial charge in [-0.05, 0) is 49.5 Å². The van der Waals surface area contributed by atoms with E-state index in [9.17, 15) is 4.79 Å². The predicted molar refractivity (Wildman–Crippen MR) is 86.0 cm³/mol. The second-order valence-electron chi connectivity index (χ2n) is 6.64. The largest absolute Gasteiger partial charge is 0.379 e. The Hall–Kier alpha value is -0.870. The lowest BCUT2D eigenvalue weighted by Crippen LogP contribution is -2.31. The maximum atomic E-state index is 12.6. The van der Waals surface area contributed by atoms with Crippen molar-refractivity contribution < 1.29 is 9.53 Å². The lowest BCUT2D eigenvalue weighted by atomic mass is 9.88. The Morgan fingerprint density at radius 1 is 1.43 bits per heavy atom. The fraction of sp³-hybridized carbons (Fsp3) is 0.706. The second kappa shape index (κ2) is 6.49. The smallest absolute Gasteiger partial charge is 0.254 e. The van der Waals surface area contributed by atoms with Crippen LogP contribution in [0.2, 0.25) is 0 Å². The number of thiophene rings is 1. The highest BCUT2D eigenvalue weighted by Crippen LogP contribution is 2.33. The zero-order chi connectivity index (χ0) is 14.8. The van der Waals surface area contributed by atoms with Crippen LogP contribution in [0.1, 0.15) is 47.0 Å². The minimum absolute atomic E-state index is 0.164. The first-order valence-electron chi connectivity index (χ1n) is 8.07. The summed E-state index contributed by atoms with van der Waals surface area (Å²) in [6.45, 7) is 4.51. The van der Waals surface area contributed by atoms with E-state index in [0.29, 0.717) is 13.2 Å². The van der Waals surface area contributed by atoms with E-state index in [2.05, 4.69) is 12.3 Å². The molecular weight excluding hydrogens is 282 g/mol. The van der Waals surface area contributed by atoms with Crippen molar-refractivity contribution in [2.45, 2.75) is 39.0 Å². The Labute approximate surface area is 131 Å². The fourth-order valence-electron chi connectivity index (χ4n) is 2.90. The third-order valence-electron chi connectivity index (χ3n) is 4.60. The van der Waals surface area contributed by atoms with Crippen molar-refractivity contribution in [2.75, 3.05) is 26.8 Å². The van der Waals surface area contributed by atoms with Gasteiger partial charge in [-0.1, -0.05) is 6.92 Å². The fourth-order valence-corrected chi connectivity index (χ4v) is 4.14. The van der Waals surface area contributed by atoms with Crippen molar-refractivity contribution in [3.8, 4) is 0 Å². The van der Waals surface area contributed by atoms with Gasteiger partial charge in [0.25, 0.3) is 5.91 Å². The molecule has 1 saturated carbocycles. The maximum Gasteiger partial charge on any atom is 0.254 e. The van der Waals surface area contributed by atoms with Gasteiger partial charge >= 0.3 is 0 Å². The van der Waals surface area contributed by atoms with Crippen molar-refractivity contribution in [3.05, 3.63) is 21.4 Å². The number of likely N-dealkylation sites (N-methyl/N-ethyl adjacent to an activating group) is 1. The Balaban J connectivity index is 1.54. The van der Waals surface area contributed by atoms with Gasteiger partial charge in [-0.25, -0.2) is 0 Å². The van der Waals surface area contributed by atoms with E-state index >= 15 is 0 Å². The molecule has 1 atom stereocenters. The van der Waals surface area contributed by atoms with Gasteiger partial charge in [-0.2, -0.15) is 0 Å². The third kappa shape index (κ3) is 3.67. The molecule has 0 spiro atoms. The van der Waals surface area contributed by atoms with Gasteiger partial charge in [0.1, 0.15) is 0 Å². The molecule has 0 radical (unpaired) electrons. The SMILES string of the molecule is CC1CCc2c(C(=O)N(C)CCOCC3CC3)csc2C1. The van der Waals surface area contributed by atoms with Gasteiger partial charge in [0, 0.05) is 30.5 Å². The molecule has 0 N–H and O–H groups in total. The second-order valence-corrected chi connectivity index (χ2v) is 7.61. The summed E-state index contributed by atoms with van der Waals surface area (Å²) in [7, 11) is 1.89. The quantitative estimate of drug-likeness (QED) is 0.754. The number of ether oxygens (including phenoxy) is 1. The molecule has 0 bridgehead atoms. The van der Waals surface area contributed by atoms with Gasteiger partial charge in [0.2, 0.25) is 0 Å². The molecule has 2 aliphatic carbocycles. The molecule has 1 heterocycles. The maximum absolute atomic E-state index is 12.6. The Morgan fingerprint density at radius 2 is 2.24 bits per heavy atom. The van der Waals surface area contributed by atoms with Crippen LogP contribution in [0.4, 0.5) is 0 Å². The summed E-state index contributed by atoms with van der Waals surface area (Å²) < 4.78 is 5.63. The van der Waals surface area contributed by atoms with Crippen LogP contribution < -0.4 is 0 Å². The first kappa shape index (κ1) is 15.0. The standard InChI is InChI=1S/C17H25NO2S/c1-12-3-6-14-15(11-21-16(14)9-12)17(19)18(2)7-8-20-10-13-4-5-13/h11-13H,3-10H2,1-2H3. The number of amides is 1. The molecular formula is C17H25NO2S. The van der Waals surface area contributed by atoms with E-state index in [1.165, 1.54) is 29.7 Å². The first-order chi connectivity index (χ1) is 10.1. The van der Waals surface area contributed by atoms with Gasteiger partial charge in [0.15, 0.2) is 0 Å². The number of carbonyl (C=O) groups excluding carboxylic acids is 1. The van der Waals surface area contributed by atoms with Gasteiger partial charge in [-0.15, -0.1) is 11.3 Å². The molecule has 116 valence electrons. The van der Waals surface area contributed by atoms with Crippen LogP contribution in [0.3, 0.4) is 0 Å². The Morgan fingerprint density at radius 3 is 3.00 bits per heavy atom. The van der Waals surface area contributed by atoms with E-state index in [1.54, 1.807) is 11.3 Å². The van der Waals surface area contributed by atoms with Crippen LogP contribution in [0, 0.1) is 11.8 Å². The Bertz CT molecular complexity index is 507. The monoisotopic (exact) mass is 307 g/mol. The summed E-state index contributed by atoms with van der Waals surface area (Å²) in [5.41, 5.74) is 2.25. The van der Waals surface area contributed by atoms with Crippen molar-refractivity contribution in [2.24, 2.45) is 11.8 Å². The highest BCUT2D eigenvalue weighted by molar-refractivity contribution is 7.10. The molecule has 0 aromatic carbocycles. The van der Waals surface area contributed by atoms with Crippen molar-refractivity contribution in [1.29, 1.82) is 0 Å². The molecule has 21 heavy (non-hydrogen) atoms. The van der Waals surface area contributed by atoms with E-state index in [-0.39, 0.29) is 5.91 Å². The van der Waals surface area contributed by atoms with E-state index in [0.717, 1.165) is 36.8 Å². The number of fused-ring (bicyclic) bond motifs is 1. The van der Waals surface area contributed by atoms with Crippen molar-refractivity contribution in [1.82, 2.24) is 4.90 Å². The minimum Gasteiger partial charge on any atom is -0.379 e. The van der Waals surface area contributed by atoms with Crippen LogP contribution in [-0.4, -0.2) is 37.6 Å². The van der Waals surface area contributed by atoms with Crippen LogP contribution in [0.5, 0.6) is 0 Å². The van der Waals surface area contributed by atoms with Crippen LogP contribution in [-0.2, 0) is 17.6 Å². The van der Waals surface area contributed by atoms with Gasteiger partial charge < -0.3 is 9.64 Å². The molecule has 2 aliphatic rings.